The molecule has 0 aromatic heterocycles. The van der Waals surface area contributed by atoms with Gasteiger partial charge in [-0.2, -0.15) is 26.3 Å². The molecule has 45 heavy (non-hydrogen) atoms. The molecule has 17 heteroatoms. The highest BCUT2D eigenvalue weighted by atomic mass is 32.2. The summed E-state index contributed by atoms with van der Waals surface area (Å²) in [4.78, 5) is 12.4. The maximum absolute atomic E-state index is 15.7. The molecule has 0 spiro atoms. The van der Waals surface area contributed by atoms with Crippen molar-refractivity contribution in [2.24, 2.45) is 11.3 Å². The Balaban J connectivity index is 1.85. The van der Waals surface area contributed by atoms with E-state index in [9.17, 15) is 52.7 Å². The number of benzene rings is 2. The van der Waals surface area contributed by atoms with Crippen molar-refractivity contribution in [3.8, 4) is 5.75 Å². The molecule has 1 aliphatic heterocycles. The molecule has 4 rings (SSSR count). The quantitative estimate of drug-likeness (QED) is 0.210. The van der Waals surface area contributed by atoms with Crippen LogP contribution in [0, 0.1) is 17.2 Å². The highest BCUT2D eigenvalue weighted by molar-refractivity contribution is 7.92. The SMILES string of the molecule is CC(C)OC(=O)C1(COc2cc3c(cc2C(F)(F)F)N(c2ccc(F)cc2)C[C@H](CCC(F)(F)F)C(F)S3(=O)=O)CC(F)(F)C1. The van der Waals surface area contributed by atoms with E-state index in [1.807, 2.05) is 0 Å². The zero-order valence-corrected chi connectivity index (χ0v) is 24.4. The number of anilines is 2. The molecule has 2 aromatic carbocycles. The lowest BCUT2D eigenvalue weighted by molar-refractivity contribution is -0.207. The second-order valence-electron chi connectivity index (χ2n) is 11.4. The van der Waals surface area contributed by atoms with Crippen LogP contribution in [-0.4, -0.2) is 51.2 Å². The van der Waals surface area contributed by atoms with Crippen LogP contribution < -0.4 is 9.64 Å². The number of alkyl halides is 9. The molecule has 2 aliphatic rings. The normalized spacial score (nSPS) is 22.3. The first-order chi connectivity index (χ1) is 20.5. The summed E-state index contributed by atoms with van der Waals surface area (Å²) in [5, 5.41) is 0. The maximum Gasteiger partial charge on any atom is 0.420 e. The number of rotatable bonds is 8. The Morgan fingerprint density at radius 3 is 2.16 bits per heavy atom. The predicted octanol–water partition coefficient (Wildman–Crippen LogP) is 7.77. The van der Waals surface area contributed by atoms with Crippen LogP contribution in [0.25, 0.3) is 0 Å². The fourth-order valence-electron chi connectivity index (χ4n) is 5.36. The van der Waals surface area contributed by atoms with Crippen molar-refractivity contribution in [2.45, 2.75) is 74.3 Å². The molecule has 0 bridgehead atoms. The zero-order valence-electron chi connectivity index (χ0n) is 23.6. The van der Waals surface area contributed by atoms with E-state index in [0.717, 1.165) is 29.2 Å². The zero-order chi connectivity index (χ0) is 33.8. The summed E-state index contributed by atoms with van der Waals surface area (Å²) >= 11 is 0. The third kappa shape index (κ3) is 7.43. The number of hydrogen-bond acceptors (Lipinski definition) is 6. The smallest absolute Gasteiger partial charge is 0.420 e. The Morgan fingerprint density at radius 1 is 1.04 bits per heavy atom. The van der Waals surface area contributed by atoms with Gasteiger partial charge in [0.1, 0.15) is 23.6 Å². The number of fused-ring (bicyclic) bond motifs is 1. The first-order valence-electron chi connectivity index (χ1n) is 13.5. The molecule has 0 N–H and O–H groups in total. The second kappa shape index (κ2) is 11.8. The Morgan fingerprint density at radius 2 is 1.64 bits per heavy atom. The average Bonchev–Trinajstić information content (AvgIpc) is 2.96. The van der Waals surface area contributed by atoms with Gasteiger partial charge in [-0.3, -0.25) is 4.79 Å². The summed E-state index contributed by atoms with van der Waals surface area (Å²) in [6.07, 6.45) is -15.8. The van der Waals surface area contributed by atoms with E-state index in [2.05, 4.69) is 0 Å². The first kappa shape index (κ1) is 34.6. The number of carbonyl (C=O) groups excluding carboxylic acids is 1. The molecule has 1 fully saturated rings. The lowest BCUT2D eigenvalue weighted by atomic mass is 9.66. The van der Waals surface area contributed by atoms with Crippen molar-refractivity contribution in [1.82, 2.24) is 0 Å². The van der Waals surface area contributed by atoms with Crippen molar-refractivity contribution < 1.29 is 66.6 Å². The molecule has 6 nitrogen and oxygen atoms in total. The summed E-state index contributed by atoms with van der Waals surface area (Å²) < 4.78 is 176. The molecule has 2 aromatic rings. The molecule has 2 atom stereocenters. The van der Waals surface area contributed by atoms with Gasteiger partial charge in [-0.15, -0.1) is 0 Å². The third-order valence-corrected chi connectivity index (χ3v) is 9.38. The van der Waals surface area contributed by atoms with Gasteiger partial charge in [0.25, 0.3) is 5.92 Å². The number of hydrogen-bond donors (Lipinski definition) is 0. The van der Waals surface area contributed by atoms with Gasteiger partial charge >= 0.3 is 18.3 Å². The number of esters is 1. The summed E-state index contributed by atoms with van der Waals surface area (Å²) in [7, 11) is -5.31. The highest BCUT2D eigenvalue weighted by Crippen LogP contribution is 2.54. The minimum absolute atomic E-state index is 0.159. The third-order valence-electron chi connectivity index (χ3n) is 7.46. The number of sulfone groups is 1. The van der Waals surface area contributed by atoms with E-state index >= 15 is 4.39 Å². The van der Waals surface area contributed by atoms with E-state index in [1.165, 1.54) is 13.8 Å². The van der Waals surface area contributed by atoms with Crippen LogP contribution in [0.5, 0.6) is 5.75 Å². The van der Waals surface area contributed by atoms with Gasteiger partial charge in [0.05, 0.1) is 22.3 Å². The van der Waals surface area contributed by atoms with Gasteiger partial charge in [-0.25, -0.2) is 26.0 Å². The molecule has 0 radical (unpaired) electrons. The van der Waals surface area contributed by atoms with Gasteiger partial charge in [-0.1, -0.05) is 0 Å². The van der Waals surface area contributed by atoms with Crippen LogP contribution in [0.1, 0.15) is 45.1 Å². The van der Waals surface area contributed by atoms with Gasteiger partial charge in [0, 0.05) is 43.5 Å². The second-order valence-corrected chi connectivity index (χ2v) is 13.4. The molecule has 1 heterocycles. The standard InChI is InChI=1S/C28H27F10NO5S/c1-15(2)44-24(40)25(12-26(31,32)13-25)14-43-21-10-22-20(9-19(21)28(36,37)38)39(18-5-3-17(29)4-6-18)11-16(7-8-27(33,34)35)23(30)45(22,41)42/h3-6,9-10,15-16,23H,7-8,11-14H2,1-2H3/t16-,23?/m0/s1. The number of carbonyl (C=O) groups is 1. The van der Waals surface area contributed by atoms with Gasteiger partial charge in [0.15, 0.2) is 0 Å². The molecule has 1 saturated carbocycles. The molecule has 1 aliphatic carbocycles. The molecule has 250 valence electrons. The van der Waals surface area contributed by atoms with Crippen molar-refractivity contribution in [2.75, 3.05) is 18.1 Å². The Labute approximate surface area is 251 Å². The molecular weight excluding hydrogens is 652 g/mol. The molecule has 1 unspecified atom stereocenters. The van der Waals surface area contributed by atoms with E-state index < -0.39 is 124 Å². The van der Waals surface area contributed by atoms with Gasteiger partial charge in [-0.05, 0) is 50.6 Å². The van der Waals surface area contributed by atoms with Crippen LogP contribution >= 0.6 is 0 Å². The molecule has 0 amide bonds. The molecule has 0 saturated heterocycles. The van der Waals surface area contributed by atoms with Crippen molar-refractivity contribution in [1.29, 1.82) is 0 Å². The summed E-state index contributed by atoms with van der Waals surface area (Å²) in [6, 6.07) is 4.34. The summed E-state index contributed by atoms with van der Waals surface area (Å²) in [5.74, 6) is -8.51. The lowest BCUT2D eigenvalue weighted by Gasteiger charge is -2.44. The minimum Gasteiger partial charge on any atom is -0.492 e. The lowest BCUT2D eigenvalue weighted by Crippen LogP contribution is -2.55. The summed E-state index contributed by atoms with van der Waals surface area (Å²) in [6.45, 7) is 0.881. The number of ether oxygens (including phenoxy) is 2. The number of nitrogens with zero attached hydrogens (tertiary/aromatic N) is 1. The van der Waals surface area contributed by atoms with E-state index in [-0.39, 0.29) is 11.8 Å². The van der Waals surface area contributed by atoms with Gasteiger partial charge < -0.3 is 14.4 Å². The topological polar surface area (TPSA) is 72.9 Å². The Bertz CT molecular complexity index is 1520. The Kier molecular flexibility index (Phi) is 9.11. The van der Waals surface area contributed by atoms with E-state index in [1.54, 1.807) is 0 Å². The van der Waals surface area contributed by atoms with Gasteiger partial charge in [0.2, 0.25) is 15.3 Å². The van der Waals surface area contributed by atoms with E-state index in [0.29, 0.717) is 6.07 Å². The average molecular weight is 680 g/mol. The van der Waals surface area contributed by atoms with Crippen molar-refractivity contribution in [3.63, 3.8) is 0 Å². The van der Waals surface area contributed by atoms with Crippen LogP contribution in [0.4, 0.5) is 55.3 Å². The fraction of sp³-hybridized carbons (Fsp3) is 0.536. The minimum atomic E-state index is -5.31. The monoisotopic (exact) mass is 679 g/mol. The van der Waals surface area contributed by atoms with Crippen molar-refractivity contribution >= 4 is 27.2 Å². The highest BCUT2D eigenvalue weighted by Gasteiger charge is 2.63. The number of halogens is 10. The summed E-state index contributed by atoms with van der Waals surface area (Å²) in [5.41, 5.74) is -7.71. The Hall–Kier alpha value is -3.24. The van der Waals surface area contributed by atoms with Crippen LogP contribution in [0.2, 0.25) is 0 Å². The van der Waals surface area contributed by atoms with Crippen LogP contribution in [0.3, 0.4) is 0 Å². The molecular formula is C28H27F10NO5S. The van der Waals surface area contributed by atoms with Crippen LogP contribution in [0.15, 0.2) is 41.3 Å². The van der Waals surface area contributed by atoms with E-state index in [4.69, 9.17) is 9.47 Å². The first-order valence-corrected chi connectivity index (χ1v) is 15.0. The largest absolute Gasteiger partial charge is 0.492 e. The maximum atomic E-state index is 15.7. The fourth-order valence-corrected chi connectivity index (χ4v) is 7.06. The van der Waals surface area contributed by atoms with Crippen LogP contribution in [-0.2, 0) is 25.5 Å². The van der Waals surface area contributed by atoms with Crippen molar-refractivity contribution in [3.05, 3.63) is 47.8 Å². The predicted molar refractivity (Wildman–Crippen MR) is 139 cm³/mol.